The van der Waals surface area contributed by atoms with Gasteiger partial charge >= 0.3 is 0 Å². The smallest absolute Gasteiger partial charge is 0.279 e. The number of thioether (sulfide) groups is 1. The normalized spacial score (nSPS) is 27.6. The largest absolute Gasteiger partial charge is 0.338 e. The van der Waals surface area contributed by atoms with Gasteiger partial charge in [-0.1, -0.05) is 11.8 Å². The molecule has 14 heavy (non-hydrogen) atoms. The second kappa shape index (κ2) is 4.18. The first-order chi connectivity index (χ1) is 6.77. The molecule has 2 heterocycles. The molecule has 2 fully saturated rings. The predicted octanol–water partition coefficient (Wildman–Crippen LogP) is -0.742. The van der Waals surface area contributed by atoms with E-state index >= 15 is 0 Å². The molecule has 1 unspecified atom stereocenters. The number of carbonyl (C=O) groups is 2. The number of piperazine rings is 1. The first-order valence-electron chi connectivity index (χ1n) is 4.63. The van der Waals surface area contributed by atoms with Gasteiger partial charge in [0, 0.05) is 31.9 Å². The number of hydrogen-bond donors (Lipinski definition) is 1. The van der Waals surface area contributed by atoms with Gasteiger partial charge in [0.1, 0.15) is 6.04 Å². The van der Waals surface area contributed by atoms with Crippen LogP contribution in [0.25, 0.3) is 0 Å². The summed E-state index contributed by atoms with van der Waals surface area (Å²) < 4.78 is 0. The Kier molecular flexibility index (Phi) is 2.93. The summed E-state index contributed by atoms with van der Waals surface area (Å²) in [6.07, 6.45) is 0. The van der Waals surface area contributed by atoms with Gasteiger partial charge in [-0.15, -0.1) is 0 Å². The molecule has 6 heteroatoms. The third kappa shape index (κ3) is 2.01. The van der Waals surface area contributed by atoms with Crippen molar-refractivity contribution in [2.24, 2.45) is 0 Å². The monoisotopic (exact) mass is 214 g/mol. The van der Waals surface area contributed by atoms with Gasteiger partial charge < -0.3 is 10.2 Å². The Morgan fingerprint density at radius 3 is 2.79 bits per heavy atom. The molecule has 2 aliphatic rings. The van der Waals surface area contributed by atoms with E-state index in [-0.39, 0.29) is 17.2 Å². The maximum Gasteiger partial charge on any atom is 0.279 e. The number of nitrogens with zero attached hydrogens (tertiary/aromatic N) is 2. The van der Waals surface area contributed by atoms with Crippen molar-refractivity contribution in [3.8, 4) is 0 Å². The van der Waals surface area contributed by atoms with Crippen molar-refractivity contribution >= 4 is 22.9 Å². The van der Waals surface area contributed by atoms with Gasteiger partial charge in [-0.2, -0.15) is 0 Å². The molecule has 2 rings (SSSR count). The molecule has 2 amide bonds. The lowest BCUT2D eigenvalue weighted by Gasteiger charge is -2.28. The zero-order chi connectivity index (χ0) is 9.97. The Hall–Kier alpha value is -0.750. The lowest BCUT2D eigenvalue weighted by molar-refractivity contribution is -0.133. The molecule has 0 aromatic carbocycles. The van der Waals surface area contributed by atoms with Gasteiger partial charge in [-0.05, 0) is 0 Å². The van der Waals surface area contributed by atoms with Crippen molar-refractivity contribution in [2.75, 3.05) is 31.9 Å². The molecule has 77 valence electrons. The van der Waals surface area contributed by atoms with Crippen molar-refractivity contribution in [3.05, 3.63) is 0 Å². The summed E-state index contributed by atoms with van der Waals surface area (Å²) in [5.41, 5.74) is 0. The Morgan fingerprint density at radius 1 is 1.50 bits per heavy atom. The van der Waals surface area contributed by atoms with E-state index in [0.717, 1.165) is 13.1 Å². The number of hydrogen-bond acceptors (Lipinski definition) is 3. The third-order valence-electron chi connectivity index (χ3n) is 2.34. The average Bonchev–Trinajstić information content (AvgIpc) is 2.65. The van der Waals surface area contributed by atoms with Gasteiger partial charge in [-0.25, -0.2) is 5.32 Å². The number of amides is 2. The molecule has 0 bridgehead atoms. The molecule has 0 aromatic rings. The second-order valence-electron chi connectivity index (χ2n) is 3.29. The van der Waals surface area contributed by atoms with Crippen LogP contribution in [-0.2, 0) is 4.79 Å². The Labute approximate surface area is 86.6 Å². The topological polar surface area (TPSA) is 63.5 Å². The first-order valence-corrected chi connectivity index (χ1v) is 5.61. The molecule has 2 aliphatic heterocycles. The summed E-state index contributed by atoms with van der Waals surface area (Å²) in [5, 5.41) is 6.73. The van der Waals surface area contributed by atoms with Crippen LogP contribution in [0, 0.1) is 0 Å². The summed E-state index contributed by atoms with van der Waals surface area (Å²) in [7, 11) is 0. The summed E-state index contributed by atoms with van der Waals surface area (Å²) in [6.45, 7) is 2.82. The Balaban J connectivity index is 1.90. The highest BCUT2D eigenvalue weighted by Crippen LogP contribution is 2.15. The fourth-order valence-electron chi connectivity index (χ4n) is 1.56. The van der Waals surface area contributed by atoms with E-state index in [1.165, 1.54) is 11.8 Å². The van der Waals surface area contributed by atoms with E-state index in [9.17, 15) is 9.59 Å². The Morgan fingerprint density at radius 2 is 2.21 bits per heavy atom. The van der Waals surface area contributed by atoms with Gasteiger partial charge in [0.05, 0.1) is 0 Å². The minimum atomic E-state index is -0.314. The minimum Gasteiger partial charge on any atom is -0.338 e. The summed E-state index contributed by atoms with van der Waals surface area (Å²) >= 11 is 1.18. The molecule has 5 nitrogen and oxygen atoms in total. The van der Waals surface area contributed by atoms with Crippen molar-refractivity contribution < 1.29 is 9.59 Å². The molecule has 2 saturated heterocycles. The van der Waals surface area contributed by atoms with E-state index < -0.39 is 0 Å². The maximum absolute atomic E-state index is 11.8. The van der Waals surface area contributed by atoms with Crippen LogP contribution in [0.3, 0.4) is 0 Å². The minimum absolute atomic E-state index is 0.0400. The van der Waals surface area contributed by atoms with Crippen LogP contribution in [0.1, 0.15) is 0 Å². The van der Waals surface area contributed by atoms with E-state index in [2.05, 4.69) is 10.6 Å². The van der Waals surface area contributed by atoms with Crippen LogP contribution in [0.4, 0.5) is 4.79 Å². The fourth-order valence-corrected chi connectivity index (χ4v) is 2.33. The maximum atomic E-state index is 11.8. The molecule has 0 saturated carbocycles. The molecule has 0 aliphatic carbocycles. The average molecular weight is 214 g/mol. The molecular formula is C8H12N3O2S. The zero-order valence-corrected chi connectivity index (χ0v) is 8.55. The van der Waals surface area contributed by atoms with Gasteiger partial charge in [0.25, 0.3) is 5.24 Å². The number of carbonyl (C=O) groups excluding carboxylic acids is 2. The molecule has 0 aromatic heterocycles. The Bertz CT molecular complexity index is 253. The van der Waals surface area contributed by atoms with Gasteiger partial charge in [-0.3, -0.25) is 9.59 Å². The SMILES string of the molecule is O=C1NC(C(=O)N2CC[N]CC2)CS1. The summed E-state index contributed by atoms with van der Waals surface area (Å²) in [4.78, 5) is 24.5. The second-order valence-corrected chi connectivity index (χ2v) is 4.28. The lowest BCUT2D eigenvalue weighted by atomic mass is 10.2. The van der Waals surface area contributed by atoms with Crippen molar-refractivity contribution in [1.82, 2.24) is 15.5 Å². The highest BCUT2D eigenvalue weighted by atomic mass is 32.2. The standard InChI is InChI=1S/C8H12N3O2S/c12-7(6-5-14-8(13)10-6)11-3-1-9-2-4-11/h6H,1-5H2,(H,10,13). The van der Waals surface area contributed by atoms with Crippen LogP contribution in [0.2, 0.25) is 0 Å². The quantitative estimate of drug-likeness (QED) is 0.625. The zero-order valence-electron chi connectivity index (χ0n) is 7.73. The first kappa shape index (κ1) is 9.79. The van der Waals surface area contributed by atoms with Crippen LogP contribution in [0.15, 0.2) is 0 Å². The van der Waals surface area contributed by atoms with E-state index in [0.29, 0.717) is 18.8 Å². The summed E-state index contributed by atoms with van der Waals surface area (Å²) in [6, 6.07) is -0.314. The van der Waals surface area contributed by atoms with Crippen molar-refractivity contribution in [2.45, 2.75) is 6.04 Å². The van der Waals surface area contributed by atoms with Crippen LogP contribution in [0.5, 0.6) is 0 Å². The van der Waals surface area contributed by atoms with Crippen molar-refractivity contribution in [3.63, 3.8) is 0 Å². The molecule has 0 spiro atoms. The van der Waals surface area contributed by atoms with E-state index in [4.69, 9.17) is 0 Å². The van der Waals surface area contributed by atoms with E-state index in [1.807, 2.05) is 0 Å². The lowest BCUT2D eigenvalue weighted by Crippen LogP contribution is -2.51. The number of rotatable bonds is 1. The molecule has 1 N–H and O–H groups in total. The van der Waals surface area contributed by atoms with Crippen LogP contribution >= 0.6 is 11.8 Å². The summed E-state index contributed by atoms with van der Waals surface area (Å²) in [5.74, 6) is 0.601. The van der Waals surface area contributed by atoms with Crippen LogP contribution in [-0.4, -0.2) is 54.0 Å². The molecule has 1 radical (unpaired) electrons. The number of nitrogens with one attached hydrogen (secondary N) is 1. The predicted molar refractivity (Wildman–Crippen MR) is 53.2 cm³/mol. The molecular weight excluding hydrogens is 202 g/mol. The molecule has 1 atom stereocenters. The fraction of sp³-hybridized carbons (Fsp3) is 0.750. The highest BCUT2D eigenvalue weighted by molar-refractivity contribution is 8.14. The van der Waals surface area contributed by atoms with Gasteiger partial charge in [0.15, 0.2) is 0 Å². The third-order valence-corrected chi connectivity index (χ3v) is 3.22. The van der Waals surface area contributed by atoms with Gasteiger partial charge in [0.2, 0.25) is 5.91 Å². The highest BCUT2D eigenvalue weighted by Gasteiger charge is 2.31. The van der Waals surface area contributed by atoms with Crippen molar-refractivity contribution in [1.29, 1.82) is 0 Å². The van der Waals surface area contributed by atoms with Crippen LogP contribution < -0.4 is 10.6 Å². The van der Waals surface area contributed by atoms with E-state index in [1.54, 1.807) is 4.90 Å².